The summed E-state index contributed by atoms with van der Waals surface area (Å²) >= 11 is 0. The molecule has 2 heterocycles. The summed E-state index contributed by atoms with van der Waals surface area (Å²) in [6.45, 7) is 0. The zero-order valence-electron chi connectivity index (χ0n) is 3.38. The van der Waals surface area contributed by atoms with Gasteiger partial charge < -0.3 is 14.2 Å². The van der Waals surface area contributed by atoms with Crippen LogP contribution in [0, 0.1) is 0 Å². The van der Waals surface area contributed by atoms with E-state index in [4.69, 9.17) is 4.74 Å². The zero-order chi connectivity index (χ0) is 4.69. The molecule has 3 heteroatoms. The van der Waals surface area contributed by atoms with Gasteiger partial charge in [0.15, 0.2) is 12.5 Å². The molecule has 0 N–H and O–H groups in total. The van der Waals surface area contributed by atoms with Crippen molar-refractivity contribution in [3.05, 3.63) is 24.4 Å². The van der Waals surface area contributed by atoms with Gasteiger partial charge in [0.1, 0.15) is 0 Å². The van der Waals surface area contributed by atoms with E-state index in [9.17, 15) is 0 Å². The van der Waals surface area contributed by atoms with Crippen LogP contribution in [0.5, 0.6) is 0 Å². The van der Waals surface area contributed by atoms with Crippen molar-refractivity contribution in [2.75, 3.05) is 0 Å². The zero-order valence-corrected chi connectivity index (χ0v) is 3.38. The Hall–Kier alpha value is -1.12. The topological polar surface area (TPSA) is 34.3 Å². The quantitative estimate of drug-likeness (QED) is 0.508. The lowest BCUT2D eigenvalue weighted by atomic mass is 11.1. The Labute approximate surface area is 39.8 Å². The molecule has 36 valence electrons. The second kappa shape index (κ2) is 0.753. The normalized spacial score (nSPS) is 20.6. The Morgan fingerprint density at radius 1 is 1.14 bits per heavy atom. The molecule has 0 radical (unpaired) electrons. The van der Waals surface area contributed by atoms with E-state index in [1.807, 2.05) is 0 Å². The molecular weight excluding hydrogens is 96.0 g/mol. The average Bonchev–Trinajstić information content (AvgIpc) is 2.33. The van der Waals surface area contributed by atoms with Crippen LogP contribution in [-0.2, 0) is 14.2 Å². The number of rotatable bonds is 2. The molecule has 2 aliphatic heterocycles. The smallest absolute Gasteiger partial charge is 0.329 e. The van der Waals surface area contributed by atoms with Gasteiger partial charge in [0.05, 0.1) is 0 Å². The van der Waals surface area contributed by atoms with E-state index < -0.39 is 0 Å². The third-order valence-corrected chi connectivity index (χ3v) is 0.629. The van der Waals surface area contributed by atoms with Crippen LogP contribution in [0.4, 0.5) is 0 Å². The maximum Gasteiger partial charge on any atom is 0.329 e. The first-order valence-electron chi connectivity index (χ1n) is 1.87. The molecule has 2 aliphatic rings. The van der Waals surface area contributed by atoms with E-state index in [-0.39, 0.29) is 0 Å². The fourth-order valence-corrected chi connectivity index (χ4v) is 0.243. The molecule has 0 fully saturated rings. The van der Waals surface area contributed by atoms with Crippen molar-refractivity contribution >= 4 is 0 Å². The lowest BCUT2D eigenvalue weighted by Gasteiger charge is -1.80. The molecule has 0 amide bonds. The Balaban J connectivity index is 1.90. The Bertz CT molecular complexity index is 138. The van der Waals surface area contributed by atoms with Gasteiger partial charge >= 0.3 is 11.9 Å². The molecule has 0 unspecified atom stereocenters. The maximum atomic E-state index is 4.75. The summed E-state index contributed by atoms with van der Waals surface area (Å²) in [7, 11) is 0. The standard InChI is InChI=1S/C4H2O3/c1-3(5-1)7-4-2-6-4/h1-2H. The van der Waals surface area contributed by atoms with E-state index in [1.54, 1.807) is 0 Å². The van der Waals surface area contributed by atoms with Crippen molar-refractivity contribution < 1.29 is 14.2 Å². The van der Waals surface area contributed by atoms with Crippen LogP contribution in [0.25, 0.3) is 0 Å². The van der Waals surface area contributed by atoms with Gasteiger partial charge in [-0.25, -0.2) is 0 Å². The molecule has 0 atom stereocenters. The highest BCUT2D eigenvalue weighted by molar-refractivity contribution is 5.02. The number of hydrogen-bond donors (Lipinski definition) is 0. The highest BCUT2D eigenvalue weighted by Gasteiger charge is 2.21. The average molecular weight is 98.1 g/mol. The molecule has 3 nitrogen and oxygen atoms in total. The fraction of sp³-hybridized carbons (Fsp3) is 0. The van der Waals surface area contributed by atoms with Crippen LogP contribution < -0.4 is 0 Å². The van der Waals surface area contributed by atoms with Crippen LogP contribution in [0.15, 0.2) is 24.4 Å². The summed E-state index contributed by atoms with van der Waals surface area (Å²) in [6.07, 6.45) is 3.00. The molecule has 2 rings (SSSR count). The number of ether oxygens (including phenoxy) is 3. The van der Waals surface area contributed by atoms with Crippen molar-refractivity contribution in [1.82, 2.24) is 0 Å². The van der Waals surface area contributed by atoms with E-state index in [0.717, 1.165) is 0 Å². The highest BCUT2D eigenvalue weighted by atomic mass is 16.8. The molecule has 0 spiro atoms. The Kier molecular flexibility index (Phi) is 0.318. The van der Waals surface area contributed by atoms with Crippen molar-refractivity contribution in [3.8, 4) is 0 Å². The van der Waals surface area contributed by atoms with E-state index >= 15 is 0 Å². The molecule has 0 aliphatic carbocycles. The number of hydrogen-bond acceptors (Lipinski definition) is 3. The van der Waals surface area contributed by atoms with E-state index in [0.29, 0.717) is 11.9 Å². The second-order valence-electron chi connectivity index (χ2n) is 1.21. The van der Waals surface area contributed by atoms with Crippen LogP contribution in [0.1, 0.15) is 0 Å². The van der Waals surface area contributed by atoms with Crippen molar-refractivity contribution in [1.29, 1.82) is 0 Å². The van der Waals surface area contributed by atoms with E-state index in [2.05, 4.69) is 9.47 Å². The molecule has 0 aromatic heterocycles. The molecule has 7 heavy (non-hydrogen) atoms. The molecule has 0 saturated heterocycles. The first-order valence-corrected chi connectivity index (χ1v) is 1.87. The third-order valence-electron chi connectivity index (χ3n) is 0.629. The molecule has 0 saturated carbocycles. The van der Waals surface area contributed by atoms with Gasteiger partial charge in [-0.2, -0.15) is 0 Å². The van der Waals surface area contributed by atoms with Gasteiger partial charge in [-0.05, 0) is 0 Å². The first kappa shape index (κ1) is 2.96. The largest absolute Gasteiger partial charge is 0.424 e. The Morgan fingerprint density at radius 2 is 1.57 bits per heavy atom. The maximum absolute atomic E-state index is 4.75. The SMILES string of the molecule is C1=C(OC2=CO2)O1. The van der Waals surface area contributed by atoms with Crippen molar-refractivity contribution in [2.45, 2.75) is 0 Å². The van der Waals surface area contributed by atoms with Gasteiger partial charge in [0, 0.05) is 0 Å². The van der Waals surface area contributed by atoms with Crippen molar-refractivity contribution in [2.24, 2.45) is 0 Å². The molecule has 0 bridgehead atoms. The first-order chi connectivity index (χ1) is 3.45. The summed E-state index contributed by atoms with van der Waals surface area (Å²) in [5, 5.41) is 0. The molecule has 0 aromatic rings. The highest BCUT2D eigenvalue weighted by Crippen LogP contribution is 2.24. The van der Waals surface area contributed by atoms with Gasteiger partial charge in [-0.1, -0.05) is 0 Å². The van der Waals surface area contributed by atoms with E-state index in [1.165, 1.54) is 12.5 Å². The van der Waals surface area contributed by atoms with Gasteiger partial charge in [-0.3, -0.25) is 0 Å². The summed E-state index contributed by atoms with van der Waals surface area (Å²) in [5.41, 5.74) is 0. The van der Waals surface area contributed by atoms with Crippen LogP contribution in [-0.4, -0.2) is 0 Å². The second-order valence-corrected chi connectivity index (χ2v) is 1.21. The molecular formula is C4H2O3. The fourth-order valence-electron chi connectivity index (χ4n) is 0.243. The predicted octanol–water partition coefficient (Wildman–Crippen LogP) is 0.661. The van der Waals surface area contributed by atoms with Crippen LogP contribution in [0.3, 0.4) is 0 Å². The van der Waals surface area contributed by atoms with Gasteiger partial charge in [0.25, 0.3) is 0 Å². The monoisotopic (exact) mass is 98.0 g/mol. The lowest BCUT2D eigenvalue weighted by molar-refractivity contribution is 0.171. The lowest BCUT2D eigenvalue weighted by Crippen LogP contribution is -1.69. The summed E-state index contributed by atoms with van der Waals surface area (Å²) in [6, 6.07) is 0. The Morgan fingerprint density at radius 3 is 1.86 bits per heavy atom. The molecule has 0 aromatic carbocycles. The summed E-state index contributed by atoms with van der Waals surface area (Å²) in [5.74, 6) is 1.06. The predicted molar refractivity (Wildman–Crippen MR) is 19.4 cm³/mol. The summed E-state index contributed by atoms with van der Waals surface area (Å²) < 4.78 is 13.8. The van der Waals surface area contributed by atoms with Gasteiger partial charge in [0.2, 0.25) is 0 Å². The van der Waals surface area contributed by atoms with Crippen molar-refractivity contribution in [3.63, 3.8) is 0 Å². The van der Waals surface area contributed by atoms with Crippen LogP contribution >= 0.6 is 0 Å². The minimum Gasteiger partial charge on any atom is -0.424 e. The minimum atomic E-state index is 0.531. The third kappa shape index (κ3) is 0.513. The minimum absolute atomic E-state index is 0.531. The van der Waals surface area contributed by atoms with Gasteiger partial charge in [-0.15, -0.1) is 0 Å². The van der Waals surface area contributed by atoms with Crippen LogP contribution in [0.2, 0.25) is 0 Å². The summed E-state index contributed by atoms with van der Waals surface area (Å²) in [4.78, 5) is 0.